The summed E-state index contributed by atoms with van der Waals surface area (Å²) < 4.78 is 0. The quantitative estimate of drug-likeness (QED) is 0.616. The zero-order valence-electron chi connectivity index (χ0n) is 8.70. The van der Waals surface area contributed by atoms with Crippen molar-refractivity contribution >= 4 is 18.5 Å². The standard InChI is InChI=1S/C9H16N2O3/c1-9(2,3)8(14)11-6(5-12)7(13)10-4/h6,12H,4-5H2,1-3H3,(H,11,14). The summed E-state index contributed by atoms with van der Waals surface area (Å²) in [4.78, 5) is 25.6. The van der Waals surface area contributed by atoms with Gasteiger partial charge in [-0.15, -0.1) is 0 Å². The zero-order chi connectivity index (χ0) is 11.4. The summed E-state index contributed by atoms with van der Waals surface area (Å²) >= 11 is 0. The van der Waals surface area contributed by atoms with Crippen molar-refractivity contribution in [1.82, 2.24) is 5.32 Å². The van der Waals surface area contributed by atoms with Gasteiger partial charge in [-0.3, -0.25) is 9.59 Å². The lowest BCUT2D eigenvalue weighted by atomic mass is 9.95. The lowest BCUT2D eigenvalue weighted by Gasteiger charge is -2.20. The Balaban J connectivity index is 4.41. The number of hydrogen-bond donors (Lipinski definition) is 2. The van der Waals surface area contributed by atoms with Crippen LogP contribution in [0.4, 0.5) is 0 Å². The van der Waals surface area contributed by atoms with E-state index >= 15 is 0 Å². The van der Waals surface area contributed by atoms with Crippen LogP contribution >= 0.6 is 0 Å². The van der Waals surface area contributed by atoms with Gasteiger partial charge >= 0.3 is 0 Å². The van der Waals surface area contributed by atoms with Crippen molar-refractivity contribution in [2.24, 2.45) is 10.4 Å². The van der Waals surface area contributed by atoms with Crippen molar-refractivity contribution in [3.8, 4) is 0 Å². The molecule has 5 heteroatoms. The molecule has 0 aliphatic heterocycles. The van der Waals surface area contributed by atoms with Crippen LogP contribution in [-0.4, -0.2) is 36.3 Å². The molecular formula is C9H16N2O3. The minimum atomic E-state index is -0.987. The average Bonchev–Trinajstić information content (AvgIpc) is 2.10. The Hall–Kier alpha value is -1.23. The predicted octanol–water partition coefficient (Wildman–Crippen LogP) is -0.263. The van der Waals surface area contributed by atoms with Gasteiger partial charge < -0.3 is 10.4 Å². The molecule has 0 saturated carbocycles. The first-order valence-corrected chi connectivity index (χ1v) is 4.25. The highest BCUT2D eigenvalue weighted by Gasteiger charge is 2.26. The number of nitrogens with zero attached hydrogens (tertiary/aromatic N) is 1. The number of nitrogens with one attached hydrogen (secondary N) is 1. The van der Waals surface area contributed by atoms with Gasteiger partial charge in [0, 0.05) is 5.41 Å². The van der Waals surface area contributed by atoms with Gasteiger partial charge in [0.2, 0.25) is 5.91 Å². The smallest absolute Gasteiger partial charge is 0.270 e. The summed E-state index contributed by atoms with van der Waals surface area (Å²) in [5.74, 6) is -0.946. The molecule has 1 atom stereocenters. The number of carbonyl (C=O) groups excluding carboxylic acids is 2. The molecule has 0 radical (unpaired) electrons. The van der Waals surface area contributed by atoms with E-state index in [-0.39, 0.29) is 5.91 Å². The van der Waals surface area contributed by atoms with E-state index in [0.29, 0.717) is 0 Å². The minimum absolute atomic E-state index is 0.312. The second-order valence-corrected chi connectivity index (χ2v) is 3.95. The number of carbonyl (C=O) groups is 2. The zero-order valence-corrected chi connectivity index (χ0v) is 8.70. The molecule has 0 heterocycles. The number of amides is 2. The fourth-order valence-corrected chi connectivity index (χ4v) is 0.670. The van der Waals surface area contributed by atoms with Gasteiger partial charge in [0.05, 0.1) is 6.61 Å². The molecule has 0 aromatic carbocycles. The lowest BCUT2D eigenvalue weighted by Crippen LogP contribution is -2.47. The second-order valence-electron chi connectivity index (χ2n) is 3.95. The summed E-state index contributed by atoms with van der Waals surface area (Å²) in [6.07, 6.45) is 0. The third-order valence-corrected chi connectivity index (χ3v) is 1.62. The van der Waals surface area contributed by atoms with E-state index in [4.69, 9.17) is 5.11 Å². The molecule has 5 nitrogen and oxygen atoms in total. The highest BCUT2D eigenvalue weighted by molar-refractivity contribution is 5.91. The molecule has 0 aromatic rings. The van der Waals surface area contributed by atoms with Crippen molar-refractivity contribution in [1.29, 1.82) is 0 Å². The Morgan fingerprint density at radius 1 is 1.50 bits per heavy atom. The third kappa shape index (κ3) is 3.66. The highest BCUT2D eigenvalue weighted by atomic mass is 16.3. The molecule has 0 saturated heterocycles. The van der Waals surface area contributed by atoms with Crippen LogP contribution in [0.15, 0.2) is 4.99 Å². The number of aliphatic hydroxyl groups is 1. The summed E-state index contributed by atoms with van der Waals surface area (Å²) in [5, 5.41) is 11.2. The van der Waals surface area contributed by atoms with Crippen LogP contribution in [0.1, 0.15) is 20.8 Å². The maximum absolute atomic E-state index is 11.4. The molecule has 1 unspecified atom stereocenters. The highest BCUT2D eigenvalue weighted by Crippen LogP contribution is 2.12. The molecule has 0 aromatic heterocycles. The Kier molecular flexibility index (Phi) is 4.43. The summed E-state index contributed by atoms with van der Waals surface area (Å²) in [6.45, 7) is 7.70. The van der Waals surface area contributed by atoms with E-state index in [1.807, 2.05) is 0 Å². The van der Waals surface area contributed by atoms with E-state index in [9.17, 15) is 9.59 Å². The van der Waals surface area contributed by atoms with E-state index in [1.165, 1.54) is 0 Å². The van der Waals surface area contributed by atoms with Gasteiger partial charge in [-0.1, -0.05) is 20.8 Å². The maximum Gasteiger partial charge on any atom is 0.270 e. The topological polar surface area (TPSA) is 78.8 Å². The Labute approximate surface area is 83.2 Å². The Morgan fingerprint density at radius 3 is 2.29 bits per heavy atom. The van der Waals surface area contributed by atoms with Crippen LogP contribution in [-0.2, 0) is 9.59 Å². The normalized spacial score (nSPS) is 13.1. The first-order chi connectivity index (χ1) is 6.32. The van der Waals surface area contributed by atoms with E-state index in [1.54, 1.807) is 20.8 Å². The molecular weight excluding hydrogens is 184 g/mol. The predicted molar refractivity (Wildman–Crippen MR) is 53.0 cm³/mol. The SMILES string of the molecule is C=NC(=O)C(CO)NC(=O)C(C)(C)C. The monoisotopic (exact) mass is 200 g/mol. The molecule has 0 bridgehead atoms. The molecule has 0 aliphatic carbocycles. The third-order valence-electron chi connectivity index (χ3n) is 1.62. The minimum Gasteiger partial charge on any atom is -0.394 e. The fourth-order valence-electron chi connectivity index (χ4n) is 0.670. The number of rotatable bonds is 3. The number of aliphatic hydroxyl groups excluding tert-OH is 1. The lowest BCUT2D eigenvalue weighted by molar-refractivity contribution is -0.133. The largest absolute Gasteiger partial charge is 0.394 e. The molecule has 14 heavy (non-hydrogen) atoms. The summed E-state index contributed by atoms with van der Waals surface area (Å²) in [5.41, 5.74) is -0.602. The van der Waals surface area contributed by atoms with Crippen molar-refractivity contribution in [3.63, 3.8) is 0 Å². The average molecular weight is 200 g/mol. The molecule has 0 rings (SSSR count). The summed E-state index contributed by atoms with van der Waals surface area (Å²) in [6, 6.07) is -0.987. The van der Waals surface area contributed by atoms with Crippen molar-refractivity contribution < 1.29 is 14.7 Å². The van der Waals surface area contributed by atoms with Crippen LogP contribution in [0.25, 0.3) is 0 Å². The number of aliphatic imine (C=N–C) groups is 1. The maximum atomic E-state index is 11.4. The molecule has 2 amide bonds. The van der Waals surface area contributed by atoms with Crippen LogP contribution in [0, 0.1) is 5.41 Å². The van der Waals surface area contributed by atoms with E-state index in [0.717, 1.165) is 0 Å². The van der Waals surface area contributed by atoms with Crippen molar-refractivity contribution in [3.05, 3.63) is 0 Å². The van der Waals surface area contributed by atoms with Gasteiger partial charge in [0.1, 0.15) is 6.04 Å². The van der Waals surface area contributed by atoms with Gasteiger partial charge in [0.15, 0.2) is 0 Å². The van der Waals surface area contributed by atoms with Gasteiger partial charge in [-0.2, -0.15) is 0 Å². The molecule has 2 N–H and O–H groups in total. The first kappa shape index (κ1) is 12.8. The van der Waals surface area contributed by atoms with Crippen molar-refractivity contribution in [2.75, 3.05) is 6.61 Å². The van der Waals surface area contributed by atoms with Gasteiger partial charge in [0.25, 0.3) is 5.91 Å². The number of hydrogen-bond acceptors (Lipinski definition) is 3. The molecule has 0 aliphatic rings. The fraction of sp³-hybridized carbons (Fsp3) is 0.667. The Bertz CT molecular complexity index is 243. The van der Waals surface area contributed by atoms with Crippen LogP contribution in [0.3, 0.4) is 0 Å². The molecule has 80 valence electrons. The first-order valence-electron chi connectivity index (χ1n) is 4.25. The van der Waals surface area contributed by atoms with Gasteiger partial charge in [-0.25, -0.2) is 4.99 Å². The van der Waals surface area contributed by atoms with Gasteiger partial charge in [-0.05, 0) is 6.72 Å². The van der Waals surface area contributed by atoms with Crippen LogP contribution in [0.5, 0.6) is 0 Å². The van der Waals surface area contributed by atoms with Crippen molar-refractivity contribution in [2.45, 2.75) is 26.8 Å². The molecule has 0 spiro atoms. The Morgan fingerprint density at radius 2 is 2.00 bits per heavy atom. The van der Waals surface area contributed by atoms with E-state index < -0.39 is 24.0 Å². The van der Waals surface area contributed by atoms with Crippen LogP contribution in [0.2, 0.25) is 0 Å². The van der Waals surface area contributed by atoms with E-state index in [2.05, 4.69) is 17.0 Å². The second kappa shape index (κ2) is 4.85. The molecule has 0 fully saturated rings. The summed E-state index contributed by atoms with van der Waals surface area (Å²) in [7, 11) is 0. The van der Waals surface area contributed by atoms with Crippen LogP contribution < -0.4 is 5.32 Å².